The van der Waals surface area contributed by atoms with Crippen LogP contribution in [0.1, 0.15) is 46.6 Å². The van der Waals surface area contributed by atoms with Crippen molar-refractivity contribution < 1.29 is 23.2 Å². The minimum Gasteiger partial charge on any atom is -0.456 e. The third-order valence-corrected chi connectivity index (χ3v) is 4.90. The molecule has 1 aliphatic carbocycles. The Morgan fingerprint density at radius 3 is 2.66 bits per heavy atom. The molecule has 29 heavy (non-hydrogen) atoms. The molecule has 0 N–H and O–H groups in total. The highest BCUT2D eigenvalue weighted by Gasteiger charge is 2.16. The monoisotopic (exact) mass is 394 g/mol. The molecule has 4 rings (SSSR count). The topological polar surface area (TPSA) is 82.3 Å². The van der Waals surface area contributed by atoms with Crippen molar-refractivity contribution in [3.05, 3.63) is 70.9 Å². The average molecular weight is 394 g/mol. The second-order valence-electron chi connectivity index (χ2n) is 6.94. The normalized spacial score (nSPS) is 12.6. The molecule has 0 radical (unpaired) electrons. The van der Waals surface area contributed by atoms with Gasteiger partial charge in [0, 0.05) is 17.5 Å². The molecule has 1 heterocycles. The van der Waals surface area contributed by atoms with Crippen molar-refractivity contribution in [2.45, 2.75) is 38.7 Å². The van der Waals surface area contributed by atoms with Crippen LogP contribution >= 0.6 is 0 Å². The van der Waals surface area contributed by atoms with Crippen molar-refractivity contribution in [2.24, 2.45) is 0 Å². The van der Waals surface area contributed by atoms with E-state index in [1.165, 1.54) is 35.4 Å². The lowest BCUT2D eigenvalue weighted by molar-refractivity contribution is -0.145. The van der Waals surface area contributed by atoms with E-state index >= 15 is 0 Å². The number of carbonyl (C=O) groups is 2. The summed E-state index contributed by atoms with van der Waals surface area (Å²) in [7, 11) is 0. The molecule has 3 aromatic rings. The summed E-state index contributed by atoms with van der Waals surface area (Å²) in [4.78, 5) is 28.4. The van der Waals surface area contributed by atoms with Crippen molar-refractivity contribution in [1.29, 1.82) is 0 Å². The zero-order chi connectivity index (χ0) is 20.2. The molecule has 148 valence electrons. The first-order valence-electron chi connectivity index (χ1n) is 9.47. The van der Waals surface area contributed by atoms with Crippen LogP contribution < -0.4 is 0 Å². The molecular weight excluding hydrogens is 375 g/mol. The molecule has 7 heteroatoms. The van der Waals surface area contributed by atoms with E-state index in [0.717, 1.165) is 19.3 Å². The van der Waals surface area contributed by atoms with Crippen LogP contribution in [0.3, 0.4) is 0 Å². The van der Waals surface area contributed by atoms with Gasteiger partial charge in [0.25, 0.3) is 5.89 Å². The van der Waals surface area contributed by atoms with Gasteiger partial charge < -0.3 is 9.26 Å². The van der Waals surface area contributed by atoms with Gasteiger partial charge in [-0.1, -0.05) is 17.3 Å². The Morgan fingerprint density at radius 1 is 1.03 bits per heavy atom. The maximum Gasteiger partial charge on any atom is 0.306 e. The molecule has 1 aliphatic rings. The van der Waals surface area contributed by atoms with Crippen LogP contribution in [0.25, 0.3) is 11.4 Å². The number of nitrogens with zero attached hydrogens (tertiary/aromatic N) is 2. The fourth-order valence-electron chi connectivity index (χ4n) is 3.35. The summed E-state index contributed by atoms with van der Waals surface area (Å²) in [5.74, 6) is -0.541. The molecular formula is C22H19FN2O4. The number of halogens is 1. The second-order valence-corrected chi connectivity index (χ2v) is 6.94. The van der Waals surface area contributed by atoms with Gasteiger partial charge in [-0.15, -0.1) is 0 Å². The summed E-state index contributed by atoms with van der Waals surface area (Å²) >= 11 is 0. The maximum atomic E-state index is 13.0. The van der Waals surface area contributed by atoms with Crippen LogP contribution in [-0.4, -0.2) is 21.9 Å². The molecule has 0 saturated heterocycles. The number of hydrogen-bond donors (Lipinski definition) is 0. The first-order valence-corrected chi connectivity index (χ1v) is 9.47. The third-order valence-electron chi connectivity index (χ3n) is 4.90. The van der Waals surface area contributed by atoms with Gasteiger partial charge in [-0.2, -0.15) is 4.98 Å². The largest absolute Gasteiger partial charge is 0.456 e. The van der Waals surface area contributed by atoms with Gasteiger partial charge in [-0.3, -0.25) is 9.59 Å². The van der Waals surface area contributed by atoms with Gasteiger partial charge >= 0.3 is 5.97 Å². The molecule has 2 aromatic carbocycles. The van der Waals surface area contributed by atoms with E-state index in [0.29, 0.717) is 11.1 Å². The number of carbonyl (C=O) groups excluding carboxylic acids is 2. The van der Waals surface area contributed by atoms with Gasteiger partial charge in [0.2, 0.25) is 5.82 Å². The van der Waals surface area contributed by atoms with Crippen molar-refractivity contribution >= 4 is 11.8 Å². The van der Waals surface area contributed by atoms with E-state index in [4.69, 9.17) is 9.26 Å². The number of esters is 1. The summed E-state index contributed by atoms with van der Waals surface area (Å²) in [6.45, 7) is -0.180. The molecule has 1 aromatic heterocycles. The Bertz CT molecular complexity index is 1040. The predicted octanol–water partition coefficient (Wildman–Crippen LogP) is 4.07. The van der Waals surface area contributed by atoms with E-state index < -0.39 is 5.97 Å². The zero-order valence-electron chi connectivity index (χ0n) is 15.7. The van der Waals surface area contributed by atoms with Crippen LogP contribution in [0.5, 0.6) is 0 Å². The second kappa shape index (κ2) is 8.34. The SMILES string of the molecule is O=C(CCC(=O)c1ccc2c(c1)CCC2)OCc1nc(-c2ccc(F)cc2)no1. The van der Waals surface area contributed by atoms with Gasteiger partial charge in [0.05, 0.1) is 6.42 Å². The number of Topliss-reactive ketones (excluding diaryl/α,β-unsaturated/α-hetero) is 1. The van der Waals surface area contributed by atoms with E-state index in [9.17, 15) is 14.0 Å². The number of fused-ring (bicyclic) bond motifs is 1. The average Bonchev–Trinajstić information content (AvgIpc) is 3.40. The van der Waals surface area contributed by atoms with Crippen LogP contribution in [0.4, 0.5) is 4.39 Å². The van der Waals surface area contributed by atoms with Crippen molar-refractivity contribution in [1.82, 2.24) is 10.1 Å². The predicted molar refractivity (Wildman–Crippen MR) is 102 cm³/mol. The molecule has 0 fully saturated rings. The number of aryl methyl sites for hydroxylation is 2. The minimum absolute atomic E-state index is 0.0190. The number of benzene rings is 2. The molecule has 0 unspecified atom stereocenters. The van der Waals surface area contributed by atoms with Crippen molar-refractivity contribution in [3.8, 4) is 11.4 Å². The number of hydrogen-bond acceptors (Lipinski definition) is 6. The Kier molecular flexibility index (Phi) is 5.46. The first kappa shape index (κ1) is 19.0. The van der Waals surface area contributed by atoms with Crippen molar-refractivity contribution in [3.63, 3.8) is 0 Å². The smallest absolute Gasteiger partial charge is 0.306 e. The summed E-state index contributed by atoms with van der Waals surface area (Å²) in [5.41, 5.74) is 3.76. The fourth-order valence-corrected chi connectivity index (χ4v) is 3.35. The van der Waals surface area contributed by atoms with Crippen LogP contribution in [0, 0.1) is 5.82 Å². The highest BCUT2D eigenvalue weighted by atomic mass is 19.1. The first-order chi connectivity index (χ1) is 14.1. The molecule has 0 atom stereocenters. The number of ether oxygens (including phenoxy) is 1. The third kappa shape index (κ3) is 4.56. The highest BCUT2D eigenvalue weighted by Crippen LogP contribution is 2.23. The number of ketones is 1. The molecule has 0 amide bonds. The van der Waals surface area contributed by atoms with E-state index in [1.807, 2.05) is 18.2 Å². The number of rotatable bonds is 7. The lowest BCUT2D eigenvalue weighted by Crippen LogP contribution is -2.08. The van der Waals surface area contributed by atoms with Crippen molar-refractivity contribution in [2.75, 3.05) is 0 Å². The Morgan fingerprint density at radius 2 is 1.83 bits per heavy atom. The summed E-state index contributed by atoms with van der Waals surface area (Å²) in [6, 6.07) is 11.4. The fraction of sp³-hybridized carbons (Fsp3) is 0.273. The van der Waals surface area contributed by atoms with Gasteiger partial charge in [-0.25, -0.2) is 4.39 Å². The Hall–Kier alpha value is -3.35. The lowest BCUT2D eigenvalue weighted by Gasteiger charge is -2.05. The summed E-state index contributed by atoms with van der Waals surface area (Å²) in [5, 5.41) is 3.78. The summed E-state index contributed by atoms with van der Waals surface area (Å²) < 4.78 is 23.1. The molecule has 0 bridgehead atoms. The quantitative estimate of drug-likeness (QED) is 0.444. The molecule has 0 spiro atoms. The zero-order valence-corrected chi connectivity index (χ0v) is 15.7. The number of aromatic nitrogens is 2. The Balaban J connectivity index is 1.26. The maximum absolute atomic E-state index is 13.0. The van der Waals surface area contributed by atoms with Crippen LogP contribution in [0.15, 0.2) is 47.0 Å². The molecule has 0 saturated carbocycles. The van der Waals surface area contributed by atoms with E-state index in [2.05, 4.69) is 10.1 Å². The van der Waals surface area contributed by atoms with E-state index in [-0.39, 0.29) is 42.8 Å². The van der Waals surface area contributed by atoms with Gasteiger partial charge in [0.15, 0.2) is 12.4 Å². The molecule has 6 nitrogen and oxygen atoms in total. The standard InChI is InChI=1S/C22H19FN2O4/c23-18-8-6-15(7-9-18)22-24-20(29-25-22)13-28-21(27)11-10-19(26)17-5-4-14-2-1-3-16(14)12-17/h4-9,12H,1-3,10-11,13H2. The molecule has 0 aliphatic heterocycles. The van der Waals surface area contributed by atoms with E-state index in [1.54, 1.807) is 0 Å². The minimum atomic E-state index is -0.513. The van der Waals surface area contributed by atoms with Gasteiger partial charge in [0.1, 0.15) is 5.82 Å². The van der Waals surface area contributed by atoms with Gasteiger partial charge in [-0.05, 0) is 60.7 Å². The lowest BCUT2D eigenvalue weighted by atomic mass is 10.0. The van der Waals surface area contributed by atoms with Crippen LogP contribution in [0.2, 0.25) is 0 Å². The Labute approximate surface area is 166 Å². The highest BCUT2D eigenvalue weighted by molar-refractivity contribution is 5.97. The summed E-state index contributed by atoms with van der Waals surface area (Å²) in [6.07, 6.45) is 3.26. The van der Waals surface area contributed by atoms with Crippen LogP contribution in [-0.2, 0) is 29.0 Å².